The molecule has 0 saturated carbocycles. The second-order valence-corrected chi connectivity index (χ2v) is 4.91. The molecular formula is C16H26O. The van der Waals surface area contributed by atoms with Gasteiger partial charge in [-0.1, -0.05) is 52.2 Å². The molecule has 96 valence electrons. The fraction of sp³-hybridized carbons (Fsp3) is 0.625. The molecule has 0 saturated heterocycles. The van der Waals surface area contributed by atoms with Crippen LogP contribution in [-0.4, -0.2) is 7.11 Å². The topological polar surface area (TPSA) is 9.23 Å². The van der Waals surface area contributed by atoms with E-state index in [4.69, 9.17) is 4.74 Å². The molecule has 1 heteroatoms. The second-order valence-electron chi connectivity index (χ2n) is 4.91. The number of unbranched alkanes of at least 4 members (excludes halogenated alkanes) is 1. The molecule has 1 aromatic carbocycles. The van der Waals surface area contributed by atoms with Gasteiger partial charge in [-0.2, -0.15) is 0 Å². The average molecular weight is 234 g/mol. The Hall–Kier alpha value is -0.980. The van der Waals surface area contributed by atoms with Crippen molar-refractivity contribution in [2.24, 2.45) is 5.92 Å². The fourth-order valence-corrected chi connectivity index (χ4v) is 2.57. The Kier molecular flexibility index (Phi) is 6.10. The number of benzene rings is 1. The van der Waals surface area contributed by atoms with Crippen LogP contribution in [0, 0.1) is 5.92 Å². The summed E-state index contributed by atoms with van der Waals surface area (Å²) in [7, 11) is 1.74. The van der Waals surface area contributed by atoms with Crippen molar-refractivity contribution in [1.82, 2.24) is 0 Å². The van der Waals surface area contributed by atoms with Gasteiger partial charge in [-0.15, -0.1) is 0 Å². The average Bonchev–Trinajstić information content (AvgIpc) is 2.37. The molecule has 0 radical (unpaired) electrons. The van der Waals surface area contributed by atoms with E-state index in [1.165, 1.54) is 31.2 Å². The van der Waals surface area contributed by atoms with E-state index in [-0.39, 0.29) is 0 Å². The van der Waals surface area contributed by atoms with Crippen LogP contribution in [-0.2, 0) is 0 Å². The van der Waals surface area contributed by atoms with Crippen LogP contribution in [0.25, 0.3) is 0 Å². The normalized spacial score (nSPS) is 14.4. The number of hydrogen-bond acceptors (Lipinski definition) is 1. The Labute approximate surface area is 106 Å². The van der Waals surface area contributed by atoms with Crippen LogP contribution in [0.5, 0.6) is 5.75 Å². The SMILES string of the molecule is CCCC[C@H](C)[C@@H](CC)c1cccc(OC)c1. The van der Waals surface area contributed by atoms with Gasteiger partial charge in [-0.25, -0.2) is 0 Å². The number of hydrogen-bond donors (Lipinski definition) is 0. The predicted molar refractivity (Wildman–Crippen MR) is 74.7 cm³/mol. The molecule has 17 heavy (non-hydrogen) atoms. The molecule has 0 aliphatic heterocycles. The van der Waals surface area contributed by atoms with Gasteiger partial charge in [-0.05, 0) is 36.0 Å². The van der Waals surface area contributed by atoms with E-state index in [0.29, 0.717) is 5.92 Å². The first-order valence-corrected chi connectivity index (χ1v) is 6.86. The van der Waals surface area contributed by atoms with Crippen LogP contribution < -0.4 is 4.74 Å². The molecular weight excluding hydrogens is 208 g/mol. The molecule has 0 aliphatic rings. The minimum absolute atomic E-state index is 0.664. The Bertz CT molecular complexity index is 319. The van der Waals surface area contributed by atoms with Gasteiger partial charge >= 0.3 is 0 Å². The van der Waals surface area contributed by atoms with Crippen LogP contribution in [0.15, 0.2) is 24.3 Å². The van der Waals surface area contributed by atoms with Crippen molar-refractivity contribution < 1.29 is 4.74 Å². The Morgan fingerprint density at radius 1 is 1.24 bits per heavy atom. The van der Waals surface area contributed by atoms with Gasteiger partial charge in [0.15, 0.2) is 0 Å². The van der Waals surface area contributed by atoms with Crippen LogP contribution in [0.1, 0.15) is 57.9 Å². The Morgan fingerprint density at radius 2 is 2.00 bits per heavy atom. The summed E-state index contributed by atoms with van der Waals surface area (Å²) in [6.45, 7) is 6.93. The summed E-state index contributed by atoms with van der Waals surface area (Å²) in [5.74, 6) is 2.40. The van der Waals surface area contributed by atoms with Crippen LogP contribution in [0.2, 0.25) is 0 Å². The lowest BCUT2D eigenvalue weighted by Crippen LogP contribution is -2.09. The van der Waals surface area contributed by atoms with Crippen molar-refractivity contribution in [3.8, 4) is 5.75 Å². The van der Waals surface area contributed by atoms with E-state index < -0.39 is 0 Å². The highest BCUT2D eigenvalue weighted by molar-refractivity contribution is 5.31. The molecule has 0 bridgehead atoms. The van der Waals surface area contributed by atoms with Gasteiger partial charge in [0.25, 0.3) is 0 Å². The largest absolute Gasteiger partial charge is 0.497 e. The zero-order valence-electron chi connectivity index (χ0n) is 11.7. The van der Waals surface area contributed by atoms with E-state index >= 15 is 0 Å². The zero-order valence-corrected chi connectivity index (χ0v) is 11.7. The van der Waals surface area contributed by atoms with E-state index in [1.54, 1.807) is 7.11 Å². The van der Waals surface area contributed by atoms with Crippen LogP contribution in [0.3, 0.4) is 0 Å². The third-order valence-corrected chi connectivity index (χ3v) is 3.66. The minimum atomic E-state index is 0.664. The summed E-state index contributed by atoms with van der Waals surface area (Å²) < 4.78 is 5.31. The summed E-state index contributed by atoms with van der Waals surface area (Å²) in [6.07, 6.45) is 5.16. The summed E-state index contributed by atoms with van der Waals surface area (Å²) in [6, 6.07) is 8.55. The van der Waals surface area contributed by atoms with Gasteiger partial charge in [0.2, 0.25) is 0 Å². The Balaban J connectivity index is 2.77. The predicted octanol–water partition coefficient (Wildman–Crippen LogP) is 5.02. The lowest BCUT2D eigenvalue weighted by atomic mass is 9.82. The monoisotopic (exact) mass is 234 g/mol. The molecule has 2 atom stereocenters. The molecule has 1 aromatic rings. The van der Waals surface area contributed by atoms with Gasteiger partial charge in [0, 0.05) is 0 Å². The molecule has 0 heterocycles. The quantitative estimate of drug-likeness (QED) is 0.644. The molecule has 0 amide bonds. The molecule has 0 aromatic heterocycles. The van der Waals surface area contributed by atoms with E-state index in [1.807, 2.05) is 6.07 Å². The highest BCUT2D eigenvalue weighted by Crippen LogP contribution is 2.32. The lowest BCUT2D eigenvalue weighted by Gasteiger charge is -2.23. The van der Waals surface area contributed by atoms with Gasteiger partial charge in [-0.3, -0.25) is 0 Å². The summed E-state index contributed by atoms with van der Waals surface area (Å²) in [4.78, 5) is 0. The van der Waals surface area contributed by atoms with Gasteiger partial charge < -0.3 is 4.74 Å². The lowest BCUT2D eigenvalue weighted by molar-refractivity contribution is 0.397. The summed E-state index contributed by atoms with van der Waals surface area (Å²) in [5.41, 5.74) is 1.43. The summed E-state index contributed by atoms with van der Waals surface area (Å²) >= 11 is 0. The smallest absolute Gasteiger partial charge is 0.119 e. The standard InChI is InChI=1S/C16H26O/c1-5-7-9-13(3)16(6-2)14-10-8-11-15(12-14)17-4/h8,10-13,16H,5-7,9H2,1-4H3/t13-,16+/m0/s1. The second kappa shape index (κ2) is 7.37. The van der Waals surface area contributed by atoms with Crippen molar-refractivity contribution in [3.63, 3.8) is 0 Å². The maximum atomic E-state index is 5.31. The van der Waals surface area contributed by atoms with Crippen molar-refractivity contribution in [2.45, 2.75) is 52.4 Å². The van der Waals surface area contributed by atoms with Crippen LogP contribution >= 0.6 is 0 Å². The maximum absolute atomic E-state index is 5.31. The highest BCUT2D eigenvalue weighted by atomic mass is 16.5. The highest BCUT2D eigenvalue weighted by Gasteiger charge is 2.17. The van der Waals surface area contributed by atoms with E-state index in [2.05, 4.69) is 39.0 Å². The van der Waals surface area contributed by atoms with Crippen molar-refractivity contribution >= 4 is 0 Å². The molecule has 0 unspecified atom stereocenters. The van der Waals surface area contributed by atoms with Gasteiger partial charge in [0.1, 0.15) is 5.75 Å². The molecule has 0 N–H and O–H groups in total. The van der Waals surface area contributed by atoms with Crippen molar-refractivity contribution in [2.75, 3.05) is 7.11 Å². The zero-order chi connectivity index (χ0) is 12.7. The van der Waals surface area contributed by atoms with E-state index in [9.17, 15) is 0 Å². The maximum Gasteiger partial charge on any atom is 0.119 e. The minimum Gasteiger partial charge on any atom is -0.497 e. The Morgan fingerprint density at radius 3 is 2.59 bits per heavy atom. The van der Waals surface area contributed by atoms with Crippen molar-refractivity contribution in [1.29, 1.82) is 0 Å². The first-order chi connectivity index (χ1) is 8.22. The van der Waals surface area contributed by atoms with E-state index in [0.717, 1.165) is 11.7 Å². The molecule has 1 nitrogen and oxygen atoms in total. The molecule has 0 spiro atoms. The molecule has 0 fully saturated rings. The first-order valence-electron chi connectivity index (χ1n) is 6.86. The number of rotatable bonds is 7. The van der Waals surface area contributed by atoms with Crippen molar-refractivity contribution in [3.05, 3.63) is 29.8 Å². The van der Waals surface area contributed by atoms with Gasteiger partial charge in [0.05, 0.1) is 7.11 Å². The number of ether oxygens (including phenoxy) is 1. The fourth-order valence-electron chi connectivity index (χ4n) is 2.57. The number of methoxy groups -OCH3 is 1. The first kappa shape index (κ1) is 14.1. The van der Waals surface area contributed by atoms with Crippen LogP contribution in [0.4, 0.5) is 0 Å². The molecule has 0 aliphatic carbocycles. The molecule has 1 rings (SSSR count). The third kappa shape index (κ3) is 4.07. The summed E-state index contributed by atoms with van der Waals surface area (Å²) in [5, 5.41) is 0. The third-order valence-electron chi connectivity index (χ3n) is 3.66.